The Morgan fingerprint density at radius 2 is 1.63 bits per heavy atom. The topological polar surface area (TPSA) is 80.5 Å². The number of nitrogens with zero attached hydrogens (tertiary/aromatic N) is 3. The normalized spacial score (nSPS) is 14.2. The van der Waals surface area contributed by atoms with Gasteiger partial charge in [-0.3, -0.25) is 9.13 Å². The number of carbonyl (C=O) groups excluding carboxylic acids is 1. The molecule has 0 aliphatic carbocycles. The summed E-state index contributed by atoms with van der Waals surface area (Å²) >= 11 is 6.24. The van der Waals surface area contributed by atoms with Crippen molar-refractivity contribution in [1.29, 1.82) is 0 Å². The highest BCUT2D eigenvalue weighted by Crippen LogP contribution is 2.32. The first-order valence-electron chi connectivity index (χ1n) is 9.71. The zero-order valence-electron chi connectivity index (χ0n) is 17.2. The van der Waals surface area contributed by atoms with E-state index in [9.17, 15) is 9.59 Å². The summed E-state index contributed by atoms with van der Waals surface area (Å²) in [6, 6.07) is 8.81. The number of carbonyl (C=O) groups is 1. The number of morpholine rings is 1. The summed E-state index contributed by atoms with van der Waals surface area (Å²) in [5.41, 5.74) is 4.42. The number of ether oxygens (including phenoxy) is 1. The average molecular weight is 430 g/mol. The maximum atomic E-state index is 12.7. The number of hydrogen-bond donors (Lipinski definition) is 2. The van der Waals surface area contributed by atoms with Gasteiger partial charge in [0.15, 0.2) is 0 Å². The second-order valence-electron chi connectivity index (χ2n) is 7.42. The van der Waals surface area contributed by atoms with Crippen LogP contribution in [0.5, 0.6) is 0 Å². The van der Waals surface area contributed by atoms with E-state index in [0.29, 0.717) is 42.7 Å². The molecular weight excluding hydrogens is 406 g/mol. The van der Waals surface area contributed by atoms with Crippen LogP contribution in [0.15, 0.2) is 35.1 Å². The average Bonchev–Trinajstić information content (AvgIpc) is 2.94. The van der Waals surface area contributed by atoms with Crippen LogP contribution in [0.25, 0.3) is 11.0 Å². The van der Waals surface area contributed by atoms with E-state index >= 15 is 0 Å². The van der Waals surface area contributed by atoms with Crippen molar-refractivity contribution in [3.63, 3.8) is 0 Å². The monoisotopic (exact) mass is 429 g/mol. The molecule has 1 aliphatic rings. The Labute approximate surface area is 179 Å². The molecule has 158 valence electrons. The fraction of sp³-hybridized carbons (Fsp3) is 0.333. The molecule has 3 aromatic rings. The van der Waals surface area contributed by atoms with Crippen molar-refractivity contribution in [2.24, 2.45) is 14.1 Å². The quantitative estimate of drug-likeness (QED) is 0.669. The number of anilines is 3. The SMILES string of the molecule is Cc1ccc(NC(=O)Nc2cc3c(cc2N2CCOCC2)n(C)c(=O)n3C)c(Cl)c1. The van der Waals surface area contributed by atoms with Crippen molar-refractivity contribution in [2.75, 3.05) is 41.8 Å². The van der Waals surface area contributed by atoms with Crippen LogP contribution >= 0.6 is 11.6 Å². The number of nitrogens with one attached hydrogen (secondary N) is 2. The Balaban J connectivity index is 1.71. The van der Waals surface area contributed by atoms with Gasteiger partial charge < -0.3 is 20.3 Å². The highest BCUT2D eigenvalue weighted by molar-refractivity contribution is 6.33. The summed E-state index contributed by atoms with van der Waals surface area (Å²) in [5.74, 6) is 0. The molecule has 2 heterocycles. The van der Waals surface area contributed by atoms with Crippen molar-refractivity contribution >= 4 is 45.7 Å². The largest absolute Gasteiger partial charge is 0.378 e. The second-order valence-corrected chi connectivity index (χ2v) is 7.83. The lowest BCUT2D eigenvalue weighted by molar-refractivity contribution is 0.123. The van der Waals surface area contributed by atoms with E-state index in [1.807, 2.05) is 25.1 Å². The third kappa shape index (κ3) is 3.76. The zero-order chi connectivity index (χ0) is 21.4. The third-order valence-corrected chi connectivity index (χ3v) is 5.67. The molecule has 0 unspecified atom stereocenters. The zero-order valence-corrected chi connectivity index (χ0v) is 17.9. The Hall–Kier alpha value is -2.97. The molecule has 0 bridgehead atoms. The van der Waals surface area contributed by atoms with Gasteiger partial charge in [0.05, 0.1) is 46.3 Å². The van der Waals surface area contributed by atoms with Gasteiger partial charge in [0, 0.05) is 27.2 Å². The van der Waals surface area contributed by atoms with E-state index in [2.05, 4.69) is 15.5 Å². The predicted octanol–water partition coefficient (Wildman–Crippen LogP) is 3.32. The molecule has 0 radical (unpaired) electrons. The van der Waals surface area contributed by atoms with Gasteiger partial charge in [-0.15, -0.1) is 0 Å². The van der Waals surface area contributed by atoms with Crippen molar-refractivity contribution in [1.82, 2.24) is 9.13 Å². The maximum absolute atomic E-state index is 12.7. The lowest BCUT2D eigenvalue weighted by atomic mass is 10.2. The molecule has 4 rings (SSSR count). The first-order valence-corrected chi connectivity index (χ1v) is 10.1. The number of aryl methyl sites for hydroxylation is 3. The van der Waals surface area contributed by atoms with E-state index in [1.165, 1.54) is 0 Å². The van der Waals surface area contributed by atoms with Gasteiger partial charge in [-0.2, -0.15) is 0 Å². The highest BCUT2D eigenvalue weighted by atomic mass is 35.5. The van der Waals surface area contributed by atoms with Crippen molar-refractivity contribution in [3.8, 4) is 0 Å². The summed E-state index contributed by atoms with van der Waals surface area (Å²) in [6.07, 6.45) is 0. The molecule has 1 aromatic heterocycles. The highest BCUT2D eigenvalue weighted by Gasteiger charge is 2.20. The molecule has 1 aliphatic heterocycles. The first kappa shape index (κ1) is 20.3. The molecule has 2 amide bonds. The van der Waals surface area contributed by atoms with Crippen molar-refractivity contribution < 1.29 is 9.53 Å². The van der Waals surface area contributed by atoms with Crippen LogP contribution in [-0.2, 0) is 18.8 Å². The minimum Gasteiger partial charge on any atom is -0.378 e. The van der Waals surface area contributed by atoms with Gasteiger partial charge in [0.2, 0.25) is 0 Å². The summed E-state index contributed by atoms with van der Waals surface area (Å²) < 4.78 is 8.64. The minimum absolute atomic E-state index is 0.119. The third-order valence-electron chi connectivity index (χ3n) is 5.36. The molecule has 2 N–H and O–H groups in total. The molecule has 0 saturated carbocycles. The number of rotatable bonds is 3. The molecule has 9 heteroatoms. The van der Waals surface area contributed by atoms with Crippen molar-refractivity contribution in [3.05, 3.63) is 51.4 Å². The van der Waals surface area contributed by atoms with Gasteiger partial charge >= 0.3 is 11.7 Å². The fourth-order valence-electron chi connectivity index (χ4n) is 3.70. The fourth-order valence-corrected chi connectivity index (χ4v) is 3.98. The van der Waals surface area contributed by atoms with Crippen LogP contribution in [0.4, 0.5) is 21.9 Å². The number of amides is 2. The van der Waals surface area contributed by atoms with Crippen LogP contribution in [0.3, 0.4) is 0 Å². The van der Waals surface area contributed by atoms with E-state index in [0.717, 1.165) is 22.3 Å². The van der Waals surface area contributed by atoms with Crippen LogP contribution in [0.2, 0.25) is 5.02 Å². The van der Waals surface area contributed by atoms with E-state index in [4.69, 9.17) is 16.3 Å². The standard InChI is InChI=1S/C21H24ClN5O3/c1-13-4-5-15(14(22)10-13)23-20(28)24-16-11-18-19(26(3)21(29)25(18)2)12-17(16)27-6-8-30-9-7-27/h4-5,10-12H,6-9H2,1-3H3,(H2,23,24,28). The molecule has 8 nitrogen and oxygen atoms in total. The van der Waals surface area contributed by atoms with Gasteiger partial charge in [-0.1, -0.05) is 17.7 Å². The van der Waals surface area contributed by atoms with Crippen LogP contribution in [0.1, 0.15) is 5.56 Å². The van der Waals surface area contributed by atoms with E-state index in [-0.39, 0.29) is 5.69 Å². The van der Waals surface area contributed by atoms with Crippen LogP contribution in [-0.4, -0.2) is 41.5 Å². The number of halogens is 1. The van der Waals surface area contributed by atoms with Gasteiger partial charge in [0.1, 0.15) is 0 Å². The summed E-state index contributed by atoms with van der Waals surface area (Å²) in [4.78, 5) is 27.3. The number of benzene rings is 2. The number of aromatic nitrogens is 2. The molecule has 2 aromatic carbocycles. The lowest BCUT2D eigenvalue weighted by Gasteiger charge is -2.30. The summed E-state index contributed by atoms with van der Waals surface area (Å²) in [7, 11) is 3.46. The second kappa shape index (κ2) is 8.04. The Kier molecular flexibility index (Phi) is 5.44. The number of urea groups is 1. The molecule has 0 atom stereocenters. The predicted molar refractivity (Wildman–Crippen MR) is 120 cm³/mol. The smallest absolute Gasteiger partial charge is 0.328 e. The Bertz CT molecular complexity index is 1180. The summed E-state index contributed by atoms with van der Waals surface area (Å²) in [6.45, 7) is 4.55. The van der Waals surface area contributed by atoms with Crippen LogP contribution < -0.4 is 21.2 Å². The summed E-state index contributed by atoms with van der Waals surface area (Å²) in [5, 5.41) is 6.20. The van der Waals surface area contributed by atoms with Crippen molar-refractivity contribution in [2.45, 2.75) is 6.92 Å². The molecule has 0 spiro atoms. The number of hydrogen-bond acceptors (Lipinski definition) is 4. The van der Waals surface area contributed by atoms with E-state index < -0.39 is 6.03 Å². The lowest BCUT2D eigenvalue weighted by Crippen LogP contribution is -2.37. The van der Waals surface area contributed by atoms with Crippen LogP contribution in [0, 0.1) is 6.92 Å². The van der Waals surface area contributed by atoms with Gasteiger partial charge in [-0.05, 0) is 36.8 Å². The number of imidazole rings is 1. The first-order chi connectivity index (χ1) is 14.3. The van der Waals surface area contributed by atoms with Gasteiger partial charge in [-0.25, -0.2) is 9.59 Å². The van der Waals surface area contributed by atoms with Gasteiger partial charge in [0.25, 0.3) is 0 Å². The Morgan fingerprint density at radius 3 is 2.30 bits per heavy atom. The number of fused-ring (bicyclic) bond motifs is 1. The van der Waals surface area contributed by atoms with E-state index in [1.54, 1.807) is 35.4 Å². The maximum Gasteiger partial charge on any atom is 0.328 e. The molecule has 1 saturated heterocycles. The molecular formula is C21H24ClN5O3. The molecule has 30 heavy (non-hydrogen) atoms. The minimum atomic E-state index is -0.407. The Morgan fingerprint density at radius 1 is 1.00 bits per heavy atom. The molecule has 1 fully saturated rings.